The Balaban J connectivity index is 2.02. The van der Waals surface area contributed by atoms with Crippen LogP contribution in [0.25, 0.3) is 0 Å². The molecular weight excluding hydrogens is 202 g/mol. The zero-order valence-electron chi connectivity index (χ0n) is 10.6. The third kappa shape index (κ3) is 5.83. The number of aliphatic hydroxyl groups is 1. The van der Waals surface area contributed by atoms with E-state index in [0.717, 1.165) is 25.5 Å². The topological polar surface area (TPSA) is 41.5 Å². The van der Waals surface area contributed by atoms with Crippen LogP contribution in [-0.2, 0) is 4.74 Å². The Morgan fingerprint density at radius 3 is 2.69 bits per heavy atom. The molecule has 1 fully saturated rings. The average molecular weight is 229 g/mol. The molecule has 0 aliphatic heterocycles. The Kier molecular flexibility index (Phi) is 7.81. The summed E-state index contributed by atoms with van der Waals surface area (Å²) in [5, 5.41) is 12.4. The van der Waals surface area contributed by atoms with E-state index >= 15 is 0 Å². The van der Waals surface area contributed by atoms with Crippen molar-refractivity contribution in [1.82, 2.24) is 5.32 Å². The zero-order valence-corrected chi connectivity index (χ0v) is 10.6. The van der Waals surface area contributed by atoms with Crippen LogP contribution in [0.5, 0.6) is 0 Å². The normalized spacial score (nSPS) is 19.9. The standard InChI is InChI=1S/C13H27NO2/c1-2-8-14-13(9-15)11-16-10-12-6-4-3-5-7-12/h12-15H,2-11H2,1H3. The molecule has 1 aliphatic carbocycles. The van der Waals surface area contributed by atoms with Crippen molar-refractivity contribution in [3.05, 3.63) is 0 Å². The van der Waals surface area contributed by atoms with Gasteiger partial charge in [-0.25, -0.2) is 0 Å². The second-order valence-electron chi connectivity index (χ2n) is 4.88. The minimum Gasteiger partial charge on any atom is -0.395 e. The minimum absolute atomic E-state index is 0.114. The Hall–Kier alpha value is -0.120. The molecule has 0 aromatic carbocycles. The van der Waals surface area contributed by atoms with Crippen molar-refractivity contribution >= 4 is 0 Å². The number of ether oxygens (including phenoxy) is 1. The van der Waals surface area contributed by atoms with Gasteiger partial charge < -0.3 is 15.2 Å². The van der Waals surface area contributed by atoms with E-state index in [0.29, 0.717) is 6.61 Å². The van der Waals surface area contributed by atoms with Crippen LogP contribution in [-0.4, -0.2) is 37.5 Å². The number of hydrogen-bond acceptors (Lipinski definition) is 3. The maximum atomic E-state index is 9.15. The van der Waals surface area contributed by atoms with Gasteiger partial charge in [-0.2, -0.15) is 0 Å². The summed E-state index contributed by atoms with van der Waals surface area (Å²) in [6.07, 6.45) is 7.88. The first-order chi connectivity index (χ1) is 7.86. The fraction of sp³-hybridized carbons (Fsp3) is 1.00. The maximum absolute atomic E-state index is 9.15. The lowest BCUT2D eigenvalue weighted by molar-refractivity contribution is 0.0559. The Labute approximate surface area is 99.6 Å². The summed E-state index contributed by atoms with van der Waals surface area (Å²) >= 11 is 0. The highest BCUT2D eigenvalue weighted by Crippen LogP contribution is 2.23. The first kappa shape index (κ1) is 13.9. The zero-order chi connectivity index (χ0) is 11.6. The Morgan fingerprint density at radius 2 is 2.06 bits per heavy atom. The number of aliphatic hydroxyl groups excluding tert-OH is 1. The van der Waals surface area contributed by atoms with Crippen molar-refractivity contribution in [3.63, 3.8) is 0 Å². The van der Waals surface area contributed by atoms with Crippen LogP contribution in [0.1, 0.15) is 45.4 Å². The van der Waals surface area contributed by atoms with Crippen molar-refractivity contribution in [3.8, 4) is 0 Å². The maximum Gasteiger partial charge on any atom is 0.0642 e. The van der Waals surface area contributed by atoms with Gasteiger partial charge in [0, 0.05) is 6.61 Å². The first-order valence-corrected chi connectivity index (χ1v) is 6.78. The summed E-state index contributed by atoms with van der Waals surface area (Å²) in [5.74, 6) is 0.763. The monoisotopic (exact) mass is 229 g/mol. The molecule has 16 heavy (non-hydrogen) atoms. The number of rotatable bonds is 8. The lowest BCUT2D eigenvalue weighted by Crippen LogP contribution is -2.37. The highest BCUT2D eigenvalue weighted by Gasteiger charge is 2.14. The van der Waals surface area contributed by atoms with Gasteiger partial charge in [-0.3, -0.25) is 0 Å². The van der Waals surface area contributed by atoms with Gasteiger partial charge in [0.25, 0.3) is 0 Å². The third-order valence-corrected chi connectivity index (χ3v) is 3.30. The molecule has 1 rings (SSSR count). The molecule has 1 unspecified atom stereocenters. The van der Waals surface area contributed by atoms with E-state index in [1.807, 2.05) is 0 Å². The van der Waals surface area contributed by atoms with E-state index in [-0.39, 0.29) is 12.6 Å². The Morgan fingerprint density at radius 1 is 1.31 bits per heavy atom. The molecule has 0 spiro atoms. The SMILES string of the molecule is CCCNC(CO)COCC1CCCCC1. The van der Waals surface area contributed by atoms with Gasteiger partial charge in [-0.1, -0.05) is 26.2 Å². The average Bonchev–Trinajstić information content (AvgIpc) is 2.35. The second kappa shape index (κ2) is 8.97. The van der Waals surface area contributed by atoms with Gasteiger partial charge in [0.15, 0.2) is 0 Å². The molecule has 0 heterocycles. The molecule has 1 atom stereocenters. The molecule has 0 aromatic heterocycles. The molecule has 0 amide bonds. The lowest BCUT2D eigenvalue weighted by atomic mass is 9.90. The molecule has 1 aliphatic rings. The molecule has 1 saturated carbocycles. The number of hydrogen-bond donors (Lipinski definition) is 2. The fourth-order valence-corrected chi connectivity index (χ4v) is 2.26. The predicted molar refractivity (Wildman–Crippen MR) is 66.6 cm³/mol. The summed E-state index contributed by atoms with van der Waals surface area (Å²) in [6, 6.07) is 0.114. The minimum atomic E-state index is 0.114. The van der Waals surface area contributed by atoms with Gasteiger partial charge in [0.05, 0.1) is 19.3 Å². The molecular formula is C13H27NO2. The van der Waals surface area contributed by atoms with Gasteiger partial charge in [-0.05, 0) is 31.7 Å². The summed E-state index contributed by atoms with van der Waals surface area (Å²) in [4.78, 5) is 0. The van der Waals surface area contributed by atoms with Crippen LogP contribution in [0.15, 0.2) is 0 Å². The van der Waals surface area contributed by atoms with E-state index in [1.165, 1.54) is 32.1 Å². The van der Waals surface area contributed by atoms with Gasteiger partial charge in [0.2, 0.25) is 0 Å². The van der Waals surface area contributed by atoms with Crippen LogP contribution in [0.3, 0.4) is 0 Å². The van der Waals surface area contributed by atoms with E-state index in [2.05, 4.69) is 12.2 Å². The van der Waals surface area contributed by atoms with Crippen molar-refractivity contribution in [2.75, 3.05) is 26.4 Å². The molecule has 2 N–H and O–H groups in total. The molecule has 3 nitrogen and oxygen atoms in total. The van der Waals surface area contributed by atoms with Crippen LogP contribution < -0.4 is 5.32 Å². The van der Waals surface area contributed by atoms with E-state index < -0.39 is 0 Å². The summed E-state index contributed by atoms with van der Waals surface area (Å²) in [7, 11) is 0. The molecule has 3 heteroatoms. The van der Waals surface area contributed by atoms with E-state index in [4.69, 9.17) is 9.84 Å². The highest BCUT2D eigenvalue weighted by molar-refractivity contribution is 4.67. The van der Waals surface area contributed by atoms with Crippen molar-refractivity contribution in [2.24, 2.45) is 5.92 Å². The highest BCUT2D eigenvalue weighted by atomic mass is 16.5. The lowest BCUT2D eigenvalue weighted by Gasteiger charge is -2.23. The smallest absolute Gasteiger partial charge is 0.0642 e. The number of nitrogens with one attached hydrogen (secondary N) is 1. The fourth-order valence-electron chi connectivity index (χ4n) is 2.26. The van der Waals surface area contributed by atoms with Crippen LogP contribution in [0.2, 0.25) is 0 Å². The molecule has 0 saturated heterocycles. The first-order valence-electron chi connectivity index (χ1n) is 6.78. The quantitative estimate of drug-likeness (QED) is 0.668. The largest absolute Gasteiger partial charge is 0.395 e. The van der Waals surface area contributed by atoms with Crippen LogP contribution >= 0.6 is 0 Å². The third-order valence-electron chi connectivity index (χ3n) is 3.30. The van der Waals surface area contributed by atoms with E-state index in [9.17, 15) is 0 Å². The van der Waals surface area contributed by atoms with Crippen LogP contribution in [0.4, 0.5) is 0 Å². The molecule has 0 radical (unpaired) electrons. The summed E-state index contributed by atoms with van der Waals surface area (Å²) in [5.41, 5.74) is 0. The van der Waals surface area contributed by atoms with Gasteiger partial charge in [-0.15, -0.1) is 0 Å². The summed E-state index contributed by atoms with van der Waals surface area (Å²) in [6.45, 7) is 4.78. The predicted octanol–water partition coefficient (Wildman–Crippen LogP) is 1.94. The van der Waals surface area contributed by atoms with Crippen molar-refractivity contribution in [1.29, 1.82) is 0 Å². The molecule has 0 bridgehead atoms. The Bertz CT molecular complexity index is 158. The second-order valence-corrected chi connectivity index (χ2v) is 4.88. The summed E-state index contributed by atoms with van der Waals surface area (Å²) < 4.78 is 5.70. The van der Waals surface area contributed by atoms with E-state index in [1.54, 1.807) is 0 Å². The van der Waals surface area contributed by atoms with Crippen LogP contribution in [0, 0.1) is 5.92 Å². The van der Waals surface area contributed by atoms with Gasteiger partial charge >= 0.3 is 0 Å². The molecule has 0 aromatic rings. The van der Waals surface area contributed by atoms with Crippen molar-refractivity contribution < 1.29 is 9.84 Å². The van der Waals surface area contributed by atoms with Crippen molar-refractivity contribution in [2.45, 2.75) is 51.5 Å². The van der Waals surface area contributed by atoms with Gasteiger partial charge in [0.1, 0.15) is 0 Å². The molecule has 96 valence electrons.